The molecule has 0 bridgehead atoms. The van der Waals surface area contributed by atoms with Crippen LogP contribution >= 0.6 is 0 Å². The molecule has 34 heavy (non-hydrogen) atoms. The molecule has 0 unspecified atom stereocenters. The van der Waals surface area contributed by atoms with Gasteiger partial charge in [-0.2, -0.15) is 18.2 Å². The van der Waals surface area contributed by atoms with Gasteiger partial charge in [0.2, 0.25) is 5.95 Å². The highest BCUT2D eigenvalue weighted by molar-refractivity contribution is 5.83. The fourth-order valence-electron chi connectivity index (χ4n) is 4.19. The van der Waals surface area contributed by atoms with E-state index in [1.54, 1.807) is 22.9 Å². The molecule has 1 aliphatic rings. The highest BCUT2D eigenvalue weighted by Gasteiger charge is 2.34. The predicted molar refractivity (Wildman–Crippen MR) is 121 cm³/mol. The molecule has 0 amide bonds. The number of hydrogen-bond acceptors (Lipinski definition) is 5. The van der Waals surface area contributed by atoms with Crippen molar-refractivity contribution in [2.24, 2.45) is 0 Å². The number of nitrogens with zero attached hydrogens (tertiary/aromatic N) is 4. The van der Waals surface area contributed by atoms with Crippen molar-refractivity contribution in [3.63, 3.8) is 0 Å². The second kappa shape index (κ2) is 8.68. The Kier molecular flexibility index (Phi) is 5.68. The molecule has 3 heterocycles. The molecule has 1 aliphatic heterocycles. The Morgan fingerprint density at radius 1 is 1.09 bits per heavy atom. The number of rotatable bonds is 4. The van der Waals surface area contributed by atoms with Crippen molar-refractivity contribution < 1.29 is 17.6 Å². The van der Waals surface area contributed by atoms with Gasteiger partial charge in [-0.15, -0.1) is 0 Å². The van der Waals surface area contributed by atoms with E-state index in [0.29, 0.717) is 22.8 Å². The minimum atomic E-state index is -4.83. The second-order valence-corrected chi connectivity index (χ2v) is 8.38. The predicted octanol–water partition coefficient (Wildman–Crippen LogP) is 5.11. The van der Waals surface area contributed by atoms with Crippen molar-refractivity contribution in [2.45, 2.75) is 32.0 Å². The Labute approximate surface area is 193 Å². The number of halogens is 4. The highest BCUT2D eigenvalue weighted by Crippen LogP contribution is 2.36. The van der Waals surface area contributed by atoms with Gasteiger partial charge in [-0.25, -0.2) is 14.4 Å². The van der Waals surface area contributed by atoms with Crippen LogP contribution < -0.4 is 10.6 Å². The van der Waals surface area contributed by atoms with E-state index in [2.05, 4.69) is 25.6 Å². The van der Waals surface area contributed by atoms with Crippen molar-refractivity contribution in [2.75, 3.05) is 18.4 Å². The van der Waals surface area contributed by atoms with Crippen LogP contribution in [0.5, 0.6) is 0 Å². The van der Waals surface area contributed by atoms with E-state index >= 15 is 0 Å². The fourth-order valence-corrected chi connectivity index (χ4v) is 4.19. The van der Waals surface area contributed by atoms with Gasteiger partial charge < -0.3 is 10.6 Å². The monoisotopic (exact) mass is 470 g/mol. The average Bonchev–Trinajstić information content (AvgIpc) is 3.18. The van der Waals surface area contributed by atoms with Gasteiger partial charge >= 0.3 is 6.18 Å². The number of aryl methyl sites for hydroxylation is 1. The lowest BCUT2D eigenvalue weighted by Crippen LogP contribution is -2.38. The summed E-state index contributed by atoms with van der Waals surface area (Å²) in [6.07, 6.45) is -1.21. The van der Waals surface area contributed by atoms with Crippen LogP contribution in [0.2, 0.25) is 0 Å². The third kappa shape index (κ3) is 4.33. The quantitative estimate of drug-likeness (QED) is 0.406. The number of anilines is 1. The van der Waals surface area contributed by atoms with Crippen LogP contribution in [0.4, 0.5) is 23.5 Å². The Morgan fingerprint density at radius 3 is 2.71 bits per heavy atom. The molecule has 1 atom stereocenters. The van der Waals surface area contributed by atoms with Crippen LogP contribution in [0.25, 0.3) is 28.2 Å². The number of nitrogens with one attached hydrogen (secondary N) is 2. The summed E-state index contributed by atoms with van der Waals surface area (Å²) in [6, 6.07) is 10.3. The number of imidazole rings is 1. The number of hydrogen-bond donors (Lipinski definition) is 2. The molecular weight excluding hydrogens is 448 g/mol. The van der Waals surface area contributed by atoms with Crippen molar-refractivity contribution in [3.8, 4) is 17.2 Å². The van der Waals surface area contributed by atoms with Gasteiger partial charge in [0.15, 0.2) is 0 Å². The zero-order valence-corrected chi connectivity index (χ0v) is 18.3. The zero-order valence-electron chi connectivity index (χ0n) is 18.3. The molecule has 0 radical (unpaired) electrons. The van der Waals surface area contributed by atoms with E-state index < -0.39 is 17.6 Å². The summed E-state index contributed by atoms with van der Waals surface area (Å²) >= 11 is 0. The molecule has 0 saturated carbocycles. The van der Waals surface area contributed by atoms with Crippen LogP contribution in [-0.4, -0.2) is 38.7 Å². The Hall–Kier alpha value is -3.53. The number of aromatic nitrogens is 4. The molecule has 0 spiro atoms. The second-order valence-electron chi connectivity index (χ2n) is 8.38. The molecule has 1 saturated heterocycles. The normalized spacial score (nSPS) is 16.7. The largest absolute Gasteiger partial charge is 0.419 e. The summed E-state index contributed by atoms with van der Waals surface area (Å²) in [5.74, 6) is -0.233. The standard InChI is InChI=1S/C24H22F4N6/c1-14-4-7-19-20(11-14)34(21-8-10-30-23(33-21)31-16-3-2-9-29-13-16)22(32-19)15-5-6-18(25)17(12-15)24(26,27)28/h4-8,10-12,16,29H,2-3,9,13H2,1H3,(H,30,31,33)/t16-/m0/s1. The van der Waals surface area contributed by atoms with Gasteiger partial charge in [-0.1, -0.05) is 6.07 Å². The van der Waals surface area contributed by atoms with Crippen LogP contribution in [0.3, 0.4) is 0 Å². The first-order valence-electron chi connectivity index (χ1n) is 11.0. The van der Waals surface area contributed by atoms with Crippen molar-refractivity contribution in [1.29, 1.82) is 0 Å². The third-order valence-electron chi connectivity index (χ3n) is 5.84. The molecule has 2 aromatic heterocycles. The van der Waals surface area contributed by atoms with Crippen molar-refractivity contribution in [3.05, 3.63) is 65.6 Å². The number of piperidine rings is 1. The van der Waals surface area contributed by atoms with Gasteiger partial charge in [0.1, 0.15) is 17.5 Å². The van der Waals surface area contributed by atoms with Gasteiger partial charge in [0.05, 0.1) is 16.6 Å². The maximum atomic E-state index is 14.0. The molecule has 1 fully saturated rings. The molecular formula is C24H22F4N6. The summed E-state index contributed by atoms with van der Waals surface area (Å²) < 4.78 is 55.8. The highest BCUT2D eigenvalue weighted by atomic mass is 19.4. The average molecular weight is 470 g/mol. The number of fused-ring (bicyclic) bond motifs is 1. The van der Waals surface area contributed by atoms with E-state index in [-0.39, 0.29) is 17.4 Å². The van der Waals surface area contributed by atoms with Crippen molar-refractivity contribution in [1.82, 2.24) is 24.8 Å². The molecule has 4 aromatic rings. The first-order chi connectivity index (χ1) is 16.3. The lowest BCUT2D eigenvalue weighted by atomic mass is 10.1. The maximum Gasteiger partial charge on any atom is 0.419 e. The summed E-state index contributed by atoms with van der Waals surface area (Å²) in [4.78, 5) is 13.5. The first kappa shape index (κ1) is 22.3. The van der Waals surface area contributed by atoms with Crippen molar-refractivity contribution >= 4 is 17.0 Å². The van der Waals surface area contributed by atoms with Gasteiger partial charge in [-0.3, -0.25) is 4.57 Å². The maximum absolute atomic E-state index is 14.0. The van der Waals surface area contributed by atoms with Crippen LogP contribution in [-0.2, 0) is 6.18 Å². The van der Waals surface area contributed by atoms with Crippen LogP contribution in [0, 0.1) is 12.7 Å². The molecule has 2 N–H and O–H groups in total. The van der Waals surface area contributed by atoms with E-state index in [9.17, 15) is 17.6 Å². The van der Waals surface area contributed by atoms with Gasteiger partial charge in [0, 0.05) is 24.3 Å². The SMILES string of the molecule is Cc1ccc2nc(-c3ccc(F)c(C(F)(F)F)c3)n(-c3ccnc(N[C@H]4CCCNC4)n3)c2c1. The van der Waals surface area contributed by atoms with E-state index in [1.165, 1.54) is 6.07 Å². The molecule has 2 aromatic carbocycles. The minimum Gasteiger partial charge on any atom is -0.350 e. The molecule has 176 valence electrons. The van der Waals surface area contributed by atoms with E-state index in [4.69, 9.17) is 0 Å². The lowest BCUT2D eigenvalue weighted by molar-refractivity contribution is -0.139. The number of benzene rings is 2. The molecule has 0 aliphatic carbocycles. The van der Waals surface area contributed by atoms with Crippen LogP contribution in [0.1, 0.15) is 24.0 Å². The van der Waals surface area contributed by atoms with E-state index in [1.807, 2.05) is 19.1 Å². The topological polar surface area (TPSA) is 67.7 Å². The Morgan fingerprint density at radius 2 is 1.94 bits per heavy atom. The Balaban J connectivity index is 1.65. The lowest BCUT2D eigenvalue weighted by Gasteiger charge is -2.23. The summed E-state index contributed by atoms with van der Waals surface area (Å²) in [5.41, 5.74) is 1.01. The molecule has 5 rings (SSSR count). The van der Waals surface area contributed by atoms with E-state index in [0.717, 1.165) is 43.6 Å². The number of alkyl halides is 3. The Bertz CT molecular complexity index is 1340. The third-order valence-corrected chi connectivity index (χ3v) is 5.84. The fraction of sp³-hybridized carbons (Fsp3) is 0.292. The molecule has 10 heteroatoms. The minimum absolute atomic E-state index is 0.132. The first-order valence-corrected chi connectivity index (χ1v) is 11.0. The summed E-state index contributed by atoms with van der Waals surface area (Å²) in [6.45, 7) is 3.68. The van der Waals surface area contributed by atoms with Crippen LogP contribution in [0.15, 0.2) is 48.7 Å². The smallest absolute Gasteiger partial charge is 0.350 e. The van der Waals surface area contributed by atoms with Gasteiger partial charge in [-0.05, 0) is 68.3 Å². The van der Waals surface area contributed by atoms with Gasteiger partial charge in [0.25, 0.3) is 0 Å². The molecule has 6 nitrogen and oxygen atoms in total. The summed E-state index contributed by atoms with van der Waals surface area (Å²) in [5, 5.41) is 6.65. The summed E-state index contributed by atoms with van der Waals surface area (Å²) in [7, 11) is 0. The zero-order chi connectivity index (χ0) is 23.9.